The highest BCUT2D eigenvalue weighted by Crippen LogP contribution is 2.38. The third-order valence-electron chi connectivity index (χ3n) is 7.34. The average Bonchev–Trinajstić information content (AvgIpc) is 3.02. The van der Waals surface area contributed by atoms with Crippen LogP contribution in [0.5, 0.6) is 0 Å². The van der Waals surface area contributed by atoms with Crippen molar-refractivity contribution in [2.75, 3.05) is 9.80 Å². The number of nitrogens with zero attached hydrogens (tertiary/aromatic N) is 2. The van der Waals surface area contributed by atoms with Gasteiger partial charge in [-0.2, -0.15) is 0 Å². The summed E-state index contributed by atoms with van der Waals surface area (Å²) in [6, 6.07) is 51.9. The predicted octanol–water partition coefficient (Wildman–Crippen LogP) is 12.4. The third kappa shape index (κ3) is 6.20. The average molecular weight is 674 g/mol. The van der Waals surface area contributed by atoms with Crippen molar-refractivity contribution in [3.63, 3.8) is 0 Å². The van der Waals surface area contributed by atoms with Crippen molar-refractivity contribution in [2.45, 2.75) is 13.8 Å². The summed E-state index contributed by atoms with van der Waals surface area (Å²) < 4.78 is 2.13. The Hall–Kier alpha value is -4.12. The van der Waals surface area contributed by atoms with Gasteiger partial charge in [0.05, 0.1) is 0 Å². The molecule has 206 valence electrons. The summed E-state index contributed by atoms with van der Waals surface area (Å²) >= 11 is 7.15. The Morgan fingerprint density at radius 3 is 0.786 bits per heavy atom. The molecule has 0 aromatic heterocycles. The van der Waals surface area contributed by atoms with Crippen LogP contribution >= 0.6 is 31.9 Å². The van der Waals surface area contributed by atoms with Crippen LogP contribution in [0, 0.1) is 13.8 Å². The smallest absolute Gasteiger partial charge is 0.0462 e. The van der Waals surface area contributed by atoms with E-state index in [9.17, 15) is 0 Å². The van der Waals surface area contributed by atoms with Crippen molar-refractivity contribution in [3.05, 3.63) is 166 Å². The first kappa shape index (κ1) is 28.0. The summed E-state index contributed by atoms with van der Waals surface area (Å²) in [5, 5.41) is 0. The van der Waals surface area contributed by atoms with Gasteiger partial charge < -0.3 is 9.80 Å². The Morgan fingerprint density at radius 1 is 0.310 bits per heavy atom. The third-order valence-corrected chi connectivity index (χ3v) is 8.40. The zero-order valence-electron chi connectivity index (χ0n) is 23.5. The monoisotopic (exact) mass is 672 g/mol. The first-order valence-electron chi connectivity index (χ1n) is 13.9. The van der Waals surface area contributed by atoms with Crippen LogP contribution in [0.15, 0.2) is 155 Å². The molecular weight excluding hydrogens is 644 g/mol. The maximum absolute atomic E-state index is 3.57. The molecule has 0 radical (unpaired) electrons. The molecule has 0 unspecified atom stereocenters. The number of hydrogen-bond donors (Lipinski definition) is 0. The molecule has 0 spiro atoms. The van der Waals surface area contributed by atoms with Crippen LogP contribution in [0.3, 0.4) is 0 Å². The van der Waals surface area contributed by atoms with Crippen molar-refractivity contribution in [1.29, 1.82) is 0 Å². The summed E-state index contributed by atoms with van der Waals surface area (Å²) in [5.74, 6) is 0. The Balaban J connectivity index is 1.31. The van der Waals surface area contributed by atoms with Crippen molar-refractivity contribution in [3.8, 4) is 11.1 Å². The molecule has 0 bridgehead atoms. The van der Waals surface area contributed by atoms with E-state index in [0.717, 1.165) is 43.1 Å². The quantitative estimate of drug-likeness (QED) is 0.166. The van der Waals surface area contributed by atoms with Gasteiger partial charge in [-0.3, -0.25) is 0 Å². The molecule has 0 amide bonds. The van der Waals surface area contributed by atoms with Crippen LogP contribution in [0.4, 0.5) is 34.1 Å². The van der Waals surface area contributed by atoms with E-state index >= 15 is 0 Å². The highest BCUT2D eigenvalue weighted by atomic mass is 79.9. The van der Waals surface area contributed by atoms with Crippen molar-refractivity contribution in [2.24, 2.45) is 0 Å². The van der Waals surface area contributed by atoms with E-state index < -0.39 is 0 Å². The van der Waals surface area contributed by atoms with E-state index in [2.05, 4.69) is 201 Å². The van der Waals surface area contributed by atoms with Crippen LogP contribution < -0.4 is 9.80 Å². The second kappa shape index (κ2) is 12.4. The maximum atomic E-state index is 3.57. The largest absolute Gasteiger partial charge is 0.311 e. The molecule has 6 rings (SSSR count). The molecule has 0 aliphatic carbocycles. The lowest BCUT2D eigenvalue weighted by molar-refractivity contribution is 1.27. The Morgan fingerprint density at radius 2 is 0.524 bits per heavy atom. The zero-order valence-corrected chi connectivity index (χ0v) is 26.7. The molecule has 4 heteroatoms. The summed E-state index contributed by atoms with van der Waals surface area (Å²) in [4.78, 5) is 4.58. The van der Waals surface area contributed by atoms with Crippen LogP contribution in [0.2, 0.25) is 0 Å². The fourth-order valence-electron chi connectivity index (χ4n) is 5.07. The minimum absolute atomic E-state index is 1.06. The first-order chi connectivity index (χ1) is 20.4. The SMILES string of the molecule is Cc1ccc(N(c2ccc(Br)cc2)c2ccc(-c3ccc(N(c4ccc(C)cc4)c4ccc(Br)cc4)cc3)cc2)cc1. The van der Waals surface area contributed by atoms with Crippen LogP contribution in [0.1, 0.15) is 11.1 Å². The maximum Gasteiger partial charge on any atom is 0.0462 e. The number of halogens is 2. The minimum atomic E-state index is 1.06. The summed E-state index contributed by atoms with van der Waals surface area (Å²) in [6.45, 7) is 4.24. The normalized spacial score (nSPS) is 10.9. The standard InChI is InChI=1S/C38H30Br2N2/c1-27-3-15-33(16-4-27)41(37-23-11-31(39)12-24-37)35-19-7-29(8-20-35)30-9-21-36(22-10-30)42(34-17-5-28(2)6-18-34)38-25-13-32(40)14-26-38/h3-26H,1-2H3. The minimum Gasteiger partial charge on any atom is -0.311 e. The predicted molar refractivity (Wildman–Crippen MR) is 186 cm³/mol. The summed E-state index contributed by atoms with van der Waals surface area (Å²) in [7, 11) is 0. The summed E-state index contributed by atoms with van der Waals surface area (Å²) in [6.07, 6.45) is 0. The second-order valence-electron chi connectivity index (χ2n) is 10.4. The molecule has 0 saturated heterocycles. The molecule has 42 heavy (non-hydrogen) atoms. The van der Waals surface area contributed by atoms with Gasteiger partial charge in [0, 0.05) is 43.1 Å². The molecule has 0 atom stereocenters. The highest BCUT2D eigenvalue weighted by molar-refractivity contribution is 9.10. The number of benzene rings is 6. The molecule has 0 saturated carbocycles. The topological polar surface area (TPSA) is 6.48 Å². The van der Waals surface area contributed by atoms with Gasteiger partial charge >= 0.3 is 0 Å². The van der Waals surface area contributed by atoms with Crippen LogP contribution in [0.25, 0.3) is 11.1 Å². The molecule has 0 aliphatic heterocycles. The molecule has 6 aromatic carbocycles. The van der Waals surface area contributed by atoms with E-state index in [1.165, 1.54) is 22.3 Å². The number of anilines is 6. The molecule has 0 N–H and O–H groups in total. The van der Waals surface area contributed by atoms with E-state index in [4.69, 9.17) is 0 Å². The lowest BCUT2D eigenvalue weighted by Gasteiger charge is -2.26. The van der Waals surface area contributed by atoms with E-state index in [1.807, 2.05) is 0 Å². The van der Waals surface area contributed by atoms with Gasteiger partial charge in [-0.05, 0) is 122 Å². The van der Waals surface area contributed by atoms with Gasteiger partial charge in [0.15, 0.2) is 0 Å². The van der Waals surface area contributed by atoms with E-state index in [1.54, 1.807) is 0 Å². The second-order valence-corrected chi connectivity index (χ2v) is 12.2. The van der Waals surface area contributed by atoms with Crippen LogP contribution in [-0.2, 0) is 0 Å². The van der Waals surface area contributed by atoms with Crippen LogP contribution in [-0.4, -0.2) is 0 Å². The fraction of sp³-hybridized carbons (Fsp3) is 0.0526. The lowest BCUT2D eigenvalue weighted by atomic mass is 10.0. The molecule has 2 nitrogen and oxygen atoms in total. The number of rotatable bonds is 7. The lowest BCUT2D eigenvalue weighted by Crippen LogP contribution is -2.10. The number of hydrogen-bond acceptors (Lipinski definition) is 2. The van der Waals surface area contributed by atoms with Gasteiger partial charge in [0.25, 0.3) is 0 Å². The van der Waals surface area contributed by atoms with Gasteiger partial charge in [-0.15, -0.1) is 0 Å². The summed E-state index contributed by atoms with van der Waals surface area (Å²) in [5.41, 5.74) is 11.6. The van der Waals surface area contributed by atoms with Crippen molar-refractivity contribution < 1.29 is 0 Å². The van der Waals surface area contributed by atoms with Crippen molar-refractivity contribution in [1.82, 2.24) is 0 Å². The molecule has 0 heterocycles. The van der Waals surface area contributed by atoms with Gasteiger partial charge in [-0.1, -0.05) is 91.5 Å². The Bertz CT molecular complexity index is 1530. The Kier molecular flexibility index (Phi) is 8.27. The highest BCUT2D eigenvalue weighted by Gasteiger charge is 2.15. The molecule has 0 aliphatic rings. The van der Waals surface area contributed by atoms with Gasteiger partial charge in [0.2, 0.25) is 0 Å². The first-order valence-corrected chi connectivity index (χ1v) is 15.5. The Labute approximate surface area is 265 Å². The van der Waals surface area contributed by atoms with Crippen molar-refractivity contribution >= 4 is 66.0 Å². The van der Waals surface area contributed by atoms with Gasteiger partial charge in [-0.25, -0.2) is 0 Å². The zero-order chi connectivity index (χ0) is 29.1. The van der Waals surface area contributed by atoms with E-state index in [0.29, 0.717) is 0 Å². The molecule has 6 aromatic rings. The van der Waals surface area contributed by atoms with Gasteiger partial charge in [0.1, 0.15) is 0 Å². The fourth-order valence-corrected chi connectivity index (χ4v) is 5.60. The molecular formula is C38H30Br2N2. The molecule has 0 fully saturated rings. The van der Waals surface area contributed by atoms with E-state index in [-0.39, 0.29) is 0 Å². The number of aryl methyl sites for hydroxylation is 2.